The van der Waals surface area contributed by atoms with E-state index >= 15 is 0 Å². The Bertz CT molecular complexity index is 865. The van der Waals surface area contributed by atoms with Crippen LogP contribution in [0.2, 0.25) is 0 Å². The molecule has 150 valence electrons. The van der Waals surface area contributed by atoms with Crippen molar-refractivity contribution in [3.63, 3.8) is 0 Å². The third kappa shape index (κ3) is 3.41. The predicted molar refractivity (Wildman–Crippen MR) is 108 cm³/mol. The lowest BCUT2D eigenvalue weighted by atomic mass is 9.72. The van der Waals surface area contributed by atoms with E-state index in [-0.39, 0.29) is 17.4 Å². The Hall–Kier alpha value is -2.35. The van der Waals surface area contributed by atoms with Crippen LogP contribution < -0.4 is 0 Å². The molecule has 0 N–H and O–H groups in total. The van der Waals surface area contributed by atoms with Crippen molar-refractivity contribution >= 4 is 23.3 Å². The van der Waals surface area contributed by atoms with Gasteiger partial charge >= 0.3 is 6.03 Å². The molecule has 3 amide bonds. The van der Waals surface area contributed by atoms with E-state index in [0.717, 1.165) is 29.0 Å². The zero-order valence-electron chi connectivity index (χ0n) is 16.7. The zero-order valence-corrected chi connectivity index (χ0v) is 17.5. The number of hydrogen-bond donors (Lipinski definition) is 0. The maximum Gasteiger partial charge on any atom is 0.319 e. The summed E-state index contributed by atoms with van der Waals surface area (Å²) in [5.74, 6) is 0.170. The Kier molecular flexibility index (Phi) is 4.91. The Morgan fingerprint density at radius 1 is 1.25 bits per heavy atom. The number of aryl methyl sites for hydroxylation is 1. The van der Waals surface area contributed by atoms with E-state index in [9.17, 15) is 9.59 Å². The number of piperidine rings is 1. The molecule has 0 bridgehead atoms. The van der Waals surface area contributed by atoms with Crippen molar-refractivity contribution in [2.24, 2.45) is 7.05 Å². The number of carbonyl (C=O) groups excluding carboxylic acids is 2. The van der Waals surface area contributed by atoms with Crippen LogP contribution in [0.4, 0.5) is 4.79 Å². The highest BCUT2D eigenvalue weighted by atomic mass is 32.1. The molecule has 0 radical (unpaired) electrons. The molecule has 0 unspecified atom stereocenters. The van der Waals surface area contributed by atoms with E-state index < -0.39 is 0 Å². The second-order valence-corrected chi connectivity index (χ2v) is 9.16. The van der Waals surface area contributed by atoms with E-state index in [0.29, 0.717) is 32.6 Å². The maximum atomic E-state index is 13.0. The smallest absolute Gasteiger partial charge is 0.319 e. The summed E-state index contributed by atoms with van der Waals surface area (Å²) in [6, 6.07) is 4.06. The van der Waals surface area contributed by atoms with Crippen molar-refractivity contribution in [3.8, 4) is 0 Å². The average molecular weight is 402 g/mol. The van der Waals surface area contributed by atoms with Crippen molar-refractivity contribution in [3.05, 3.63) is 39.8 Å². The molecule has 1 fully saturated rings. The van der Waals surface area contributed by atoms with E-state index in [1.54, 1.807) is 30.3 Å². The van der Waals surface area contributed by atoms with Crippen LogP contribution in [0.3, 0.4) is 0 Å². The molecule has 2 aliphatic rings. The summed E-state index contributed by atoms with van der Waals surface area (Å²) >= 11 is 1.63. The number of carbonyl (C=O) groups is 2. The molecule has 8 heteroatoms. The zero-order chi connectivity index (χ0) is 19.9. The van der Waals surface area contributed by atoms with Crippen molar-refractivity contribution in [1.29, 1.82) is 0 Å². The van der Waals surface area contributed by atoms with Crippen LogP contribution in [0, 0.1) is 0 Å². The summed E-state index contributed by atoms with van der Waals surface area (Å²) in [4.78, 5) is 32.0. The summed E-state index contributed by atoms with van der Waals surface area (Å²) in [6.07, 6.45) is 4.16. The molecular formula is C20H27N5O2S. The Labute approximate surface area is 169 Å². The Morgan fingerprint density at radius 2 is 2.00 bits per heavy atom. The molecule has 0 aliphatic carbocycles. The van der Waals surface area contributed by atoms with Gasteiger partial charge in [-0.3, -0.25) is 9.48 Å². The molecule has 28 heavy (non-hydrogen) atoms. The molecule has 7 nitrogen and oxygen atoms in total. The van der Waals surface area contributed by atoms with Crippen LogP contribution in [-0.2, 0) is 30.2 Å². The topological polar surface area (TPSA) is 61.7 Å². The molecule has 4 heterocycles. The summed E-state index contributed by atoms with van der Waals surface area (Å²) in [5.41, 5.74) is 2.09. The number of amides is 3. The number of thiophene rings is 1. The third-order valence-electron chi connectivity index (χ3n) is 5.89. The summed E-state index contributed by atoms with van der Waals surface area (Å²) in [7, 11) is 5.51. The first kappa shape index (κ1) is 19.0. The fraction of sp³-hybridized carbons (Fsp3) is 0.550. The monoisotopic (exact) mass is 401 g/mol. The van der Waals surface area contributed by atoms with Crippen molar-refractivity contribution in [2.75, 3.05) is 33.7 Å². The van der Waals surface area contributed by atoms with Gasteiger partial charge in [0.05, 0.1) is 12.1 Å². The highest BCUT2D eigenvalue weighted by Gasteiger charge is 2.46. The van der Waals surface area contributed by atoms with E-state index in [4.69, 9.17) is 5.10 Å². The number of fused-ring (bicyclic) bond motifs is 2. The second kappa shape index (κ2) is 7.24. The van der Waals surface area contributed by atoms with Gasteiger partial charge in [0, 0.05) is 69.4 Å². The van der Waals surface area contributed by atoms with Gasteiger partial charge < -0.3 is 14.7 Å². The SMILES string of the molecule is CN(C)C(=O)N1CCC2(CC1)CN(C(=O)Cc1cccs1)Cc1cn(C)nc12. The molecule has 2 aromatic rings. The molecule has 2 aromatic heterocycles. The van der Waals surface area contributed by atoms with Crippen LogP contribution in [0.25, 0.3) is 0 Å². The first-order valence-electron chi connectivity index (χ1n) is 9.67. The van der Waals surface area contributed by atoms with Crippen molar-refractivity contribution in [2.45, 2.75) is 31.2 Å². The molecule has 1 spiro atoms. The van der Waals surface area contributed by atoms with Gasteiger partial charge in [0.25, 0.3) is 0 Å². The number of rotatable bonds is 2. The lowest BCUT2D eigenvalue weighted by molar-refractivity contribution is -0.133. The van der Waals surface area contributed by atoms with Gasteiger partial charge in [0.15, 0.2) is 0 Å². The Morgan fingerprint density at radius 3 is 2.64 bits per heavy atom. The molecule has 0 aromatic carbocycles. The fourth-order valence-electron chi connectivity index (χ4n) is 4.46. The lowest BCUT2D eigenvalue weighted by Crippen LogP contribution is -2.55. The van der Waals surface area contributed by atoms with Gasteiger partial charge in [-0.1, -0.05) is 6.07 Å². The van der Waals surface area contributed by atoms with Crippen molar-refractivity contribution in [1.82, 2.24) is 24.5 Å². The van der Waals surface area contributed by atoms with Gasteiger partial charge in [-0.15, -0.1) is 11.3 Å². The van der Waals surface area contributed by atoms with Crippen LogP contribution in [0.15, 0.2) is 23.7 Å². The number of nitrogens with zero attached hydrogens (tertiary/aromatic N) is 5. The fourth-order valence-corrected chi connectivity index (χ4v) is 5.15. The number of likely N-dealkylation sites (tertiary alicyclic amines) is 1. The van der Waals surface area contributed by atoms with Crippen molar-refractivity contribution < 1.29 is 9.59 Å². The molecule has 1 saturated heterocycles. The van der Waals surface area contributed by atoms with Crippen LogP contribution in [0.5, 0.6) is 0 Å². The summed E-state index contributed by atoms with van der Waals surface area (Å²) in [5, 5.41) is 6.78. The van der Waals surface area contributed by atoms with Gasteiger partial charge in [0.1, 0.15) is 0 Å². The van der Waals surface area contributed by atoms with Gasteiger partial charge in [-0.05, 0) is 24.3 Å². The lowest BCUT2D eigenvalue weighted by Gasteiger charge is -2.46. The van der Waals surface area contributed by atoms with Gasteiger partial charge in [-0.25, -0.2) is 4.79 Å². The summed E-state index contributed by atoms with van der Waals surface area (Å²) in [6.45, 7) is 2.70. The maximum absolute atomic E-state index is 13.0. The molecule has 2 aliphatic heterocycles. The Balaban J connectivity index is 1.56. The van der Waals surface area contributed by atoms with Crippen LogP contribution in [-0.4, -0.2) is 70.1 Å². The minimum atomic E-state index is -0.164. The molecule has 0 atom stereocenters. The number of aromatic nitrogens is 2. The largest absolute Gasteiger partial charge is 0.337 e. The van der Waals surface area contributed by atoms with Gasteiger partial charge in [0.2, 0.25) is 5.91 Å². The minimum Gasteiger partial charge on any atom is -0.337 e. The summed E-state index contributed by atoms with van der Waals surface area (Å²) < 4.78 is 1.86. The number of hydrogen-bond acceptors (Lipinski definition) is 4. The normalized spacial score (nSPS) is 18.2. The second-order valence-electron chi connectivity index (χ2n) is 8.13. The van der Waals surface area contributed by atoms with Crippen LogP contribution in [0.1, 0.15) is 29.0 Å². The third-order valence-corrected chi connectivity index (χ3v) is 6.77. The molecular weight excluding hydrogens is 374 g/mol. The first-order valence-corrected chi connectivity index (χ1v) is 10.6. The highest BCUT2D eigenvalue weighted by molar-refractivity contribution is 7.10. The minimum absolute atomic E-state index is 0.0533. The molecule has 0 saturated carbocycles. The first-order chi connectivity index (χ1) is 13.4. The van der Waals surface area contributed by atoms with E-state index in [1.807, 2.05) is 45.2 Å². The van der Waals surface area contributed by atoms with Crippen LogP contribution >= 0.6 is 11.3 Å². The van der Waals surface area contributed by atoms with E-state index in [2.05, 4.69) is 0 Å². The highest BCUT2D eigenvalue weighted by Crippen LogP contribution is 2.41. The molecule has 4 rings (SSSR count). The standard InChI is InChI=1S/C20H27N5O2S/c1-22(2)19(27)24-8-6-20(7-9-24)14-25(13-15-12-23(3)21-18(15)20)17(26)11-16-5-4-10-28-16/h4-5,10,12H,6-9,11,13-14H2,1-3H3. The average Bonchev–Trinajstić information content (AvgIpc) is 3.31. The predicted octanol–water partition coefficient (Wildman–Crippen LogP) is 2.08. The van der Waals surface area contributed by atoms with E-state index in [1.165, 1.54) is 0 Å². The quantitative estimate of drug-likeness (QED) is 0.774. The van der Waals surface area contributed by atoms with Gasteiger partial charge in [-0.2, -0.15) is 5.10 Å². The number of urea groups is 1.